The molecule has 2 aliphatic rings. The van der Waals surface area contributed by atoms with Crippen molar-refractivity contribution >= 4 is 34.4 Å². The molecule has 1 aliphatic heterocycles. The highest BCUT2D eigenvalue weighted by Crippen LogP contribution is 2.47. The first-order valence-corrected chi connectivity index (χ1v) is 14.7. The molecule has 3 aromatic rings. The van der Waals surface area contributed by atoms with Gasteiger partial charge in [0.2, 0.25) is 11.8 Å². The number of aliphatic hydroxyl groups is 2. The Hall–Kier alpha value is -3.78. The summed E-state index contributed by atoms with van der Waals surface area (Å²) in [7, 11) is 1.57. The molecule has 2 amide bonds. The molecule has 7 nitrogen and oxygen atoms in total. The number of ether oxygens (including phenoxy) is 1. The molecule has 5 rings (SSSR count). The number of rotatable bonds is 11. The fourth-order valence-electron chi connectivity index (χ4n) is 6.82. The number of fused-ring (bicyclic) bond motifs is 2. The maximum atomic E-state index is 13.7. The Balaban J connectivity index is 1.42. The molecule has 3 N–H and O–H groups in total. The molecule has 0 bridgehead atoms. The van der Waals surface area contributed by atoms with Crippen LogP contribution in [0.5, 0.6) is 5.75 Å². The van der Waals surface area contributed by atoms with Crippen molar-refractivity contribution in [2.75, 3.05) is 25.2 Å². The molecule has 1 fully saturated rings. The molecule has 1 heterocycles. The van der Waals surface area contributed by atoms with Crippen molar-refractivity contribution in [3.63, 3.8) is 0 Å². The fourth-order valence-corrected chi connectivity index (χ4v) is 6.82. The normalized spacial score (nSPS) is 21.8. The Labute approximate surface area is 246 Å². The molecule has 1 aliphatic carbocycles. The third-order valence-electron chi connectivity index (χ3n) is 8.68. The molecule has 0 saturated carbocycles. The van der Waals surface area contributed by atoms with Gasteiger partial charge < -0.3 is 20.1 Å². The van der Waals surface area contributed by atoms with E-state index in [4.69, 9.17) is 4.74 Å². The molecule has 4 atom stereocenters. The monoisotopic (exact) mass is 569 g/mol. The van der Waals surface area contributed by atoms with Gasteiger partial charge in [-0.05, 0) is 66.0 Å². The fraction of sp³-hybridized carbons (Fsp3) is 0.371. The van der Waals surface area contributed by atoms with Crippen molar-refractivity contribution in [2.45, 2.75) is 45.1 Å². The highest BCUT2D eigenvalue weighted by Gasteiger charge is 2.55. The highest BCUT2D eigenvalue weighted by atomic mass is 16.5. The van der Waals surface area contributed by atoms with E-state index in [-0.39, 0.29) is 30.8 Å². The Bertz CT molecular complexity index is 1510. The zero-order chi connectivity index (χ0) is 29.8. The van der Waals surface area contributed by atoms with E-state index in [1.165, 1.54) is 4.90 Å². The van der Waals surface area contributed by atoms with Gasteiger partial charge in [0.25, 0.3) is 0 Å². The van der Waals surface area contributed by atoms with Gasteiger partial charge in [-0.15, -0.1) is 0 Å². The molecule has 3 aromatic carbocycles. The number of carbonyl (C=O) groups is 2. The zero-order valence-corrected chi connectivity index (χ0v) is 24.2. The second kappa shape index (κ2) is 13.0. The Morgan fingerprint density at radius 2 is 1.71 bits per heavy atom. The number of phenolic OH excluding ortho intramolecular Hbond substituents is 1. The van der Waals surface area contributed by atoms with E-state index in [2.05, 4.69) is 13.0 Å². The smallest absolute Gasteiger partial charge is 0.238 e. The summed E-state index contributed by atoms with van der Waals surface area (Å²) in [5.41, 5.74) is 4.10. The highest BCUT2D eigenvalue weighted by molar-refractivity contribution is 6.22. The molecular formula is C35H39NO6. The molecule has 0 aromatic heterocycles. The van der Waals surface area contributed by atoms with Crippen LogP contribution in [0.15, 0.2) is 83.4 Å². The SMILES string of the molecule is CCC/C(=C\c1ccc(O)c2ccccc12)CC[C@@H](O)C1=C(COC)C[C@H]2C(=O)N(c3ccccc3)C(=O)[C@H]2[C@H]1CO. The number of methoxy groups -OCH3 is 1. The minimum absolute atomic E-state index is 0.218. The van der Waals surface area contributed by atoms with Crippen molar-refractivity contribution in [2.24, 2.45) is 17.8 Å². The average molecular weight is 570 g/mol. The molecule has 0 unspecified atom stereocenters. The Kier molecular flexibility index (Phi) is 9.21. The van der Waals surface area contributed by atoms with Crippen LogP contribution in [-0.4, -0.2) is 53.6 Å². The van der Waals surface area contributed by atoms with E-state index >= 15 is 0 Å². The topological polar surface area (TPSA) is 107 Å². The van der Waals surface area contributed by atoms with Crippen molar-refractivity contribution in [1.29, 1.82) is 0 Å². The van der Waals surface area contributed by atoms with Gasteiger partial charge in [0, 0.05) is 18.4 Å². The van der Waals surface area contributed by atoms with E-state index in [9.17, 15) is 24.9 Å². The summed E-state index contributed by atoms with van der Waals surface area (Å²) in [6, 6.07) is 20.2. The lowest BCUT2D eigenvalue weighted by Crippen LogP contribution is -2.39. The summed E-state index contributed by atoms with van der Waals surface area (Å²) in [6.07, 6.45) is 4.35. The number of allylic oxidation sites excluding steroid dienone is 1. The van der Waals surface area contributed by atoms with E-state index in [0.717, 1.165) is 40.3 Å². The van der Waals surface area contributed by atoms with E-state index < -0.39 is 23.9 Å². The summed E-state index contributed by atoms with van der Waals surface area (Å²) < 4.78 is 5.48. The van der Waals surface area contributed by atoms with Crippen molar-refractivity contribution in [3.05, 3.63) is 89.0 Å². The summed E-state index contributed by atoms with van der Waals surface area (Å²) in [5, 5.41) is 34.3. The Morgan fingerprint density at radius 3 is 2.40 bits per heavy atom. The number of hydrogen-bond donors (Lipinski definition) is 3. The second-order valence-corrected chi connectivity index (χ2v) is 11.3. The van der Waals surface area contributed by atoms with Gasteiger partial charge in [0.05, 0.1) is 36.8 Å². The van der Waals surface area contributed by atoms with Gasteiger partial charge in [-0.3, -0.25) is 14.5 Å². The largest absolute Gasteiger partial charge is 0.507 e. The van der Waals surface area contributed by atoms with Gasteiger partial charge >= 0.3 is 0 Å². The maximum absolute atomic E-state index is 13.7. The predicted molar refractivity (Wildman–Crippen MR) is 164 cm³/mol. The molecular weight excluding hydrogens is 530 g/mol. The number of phenols is 1. The number of benzene rings is 3. The molecule has 1 saturated heterocycles. The van der Waals surface area contributed by atoms with Crippen LogP contribution in [0.2, 0.25) is 0 Å². The minimum atomic E-state index is -0.904. The van der Waals surface area contributed by atoms with Crippen LogP contribution in [0.1, 0.15) is 44.6 Å². The molecule has 0 spiro atoms. The predicted octanol–water partition coefficient (Wildman–Crippen LogP) is 5.63. The molecule has 7 heteroatoms. The molecule has 42 heavy (non-hydrogen) atoms. The average Bonchev–Trinajstić information content (AvgIpc) is 3.26. The van der Waals surface area contributed by atoms with Gasteiger partial charge in [0.15, 0.2) is 0 Å². The van der Waals surface area contributed by atoms with E-state index in [1.54, 1.807) is 37.4 Å². The quantitative estimate of drug-likeness (QED) is 0.204. The van der Waals surface area contributed by atoms with Gasteiger partial charge in [-0.2, -0.15) is 0 Å². The lowest BCUT2D eigenvalue weighted by atomic mass is 9.68. The summed E-state index contributed by atoms with van der Waals surface area (Å²) >= 11 is 0. The van der Waals surface area contributed by atoms with Crippen LogP contribution in [0.3, 0.4) is 0 Å². The number of aliphatic hydroxyl groups excluding tert-OH is 2. The summed E-state index contributed by atoms with van der Waals surface area (Å²) in [5.74, 6) is -2.37. The number of imide groups is 1. The van der Waals surface area contributed by atoms with Crippen LogP contribution in [0.4, 0.5) is 5.69 Å². The first kappa shape index (κ1) is 29.7. The summed E-state index contributed by atoms with van der Waals surface area (Å²) in [4.78, 5) is 28.4. The van der Waals surface area contributed by atoms with Crippen LogP contribution in [-0.2, 0) is 14.3 Å². The first-order chi connectivity index (χ1) is 20.4. The first-order valence-electron chi connectivity index (χ1n) is 14.7. The van der Waals surface area contributed by atoms with Crippen LogP contribution >= 0.6 is 0 Å². The van der Waals surface area contributed by atoms with Crippen LogP contribution in [0, 0.1) is 17.8 Å². The molecule has 0 radical (unpaired) electrons. The Morgan fingerprint density at radius 1 is 1.00 bits per heavy atom. The van der Waals surface area contributed by atoms with Crippen molar-refractivity contribution in [1.82, 2.24) is 0 Å². The number of anilines is 1. The second-order valence-electron chi connectivity index (χ2n) is 11.3. The number of nitrogens with zero attached hydrogens (tertiary/aromatic N) is 1. The zero-order valence-electron chi connectivity index (χ0n) is 24.2. The summed E-state index contributed by atoms with van der Waals surface area (Å²) in [6.45, 7) is 1.98. The number of amides is 2. The number of para-hydroxylation sites is 1. The van der Waals surface area contributed by atoms with Crippen LogP contribution in [0.25, 0.3) is 16.8 Å². The van der Waals surface area contributed by atoms with Crippen LogP contribution < -0.4 is 4.90 Å². The standard InChI is InChI=1S/C35H39NO6/c1-3-9-22(18-23-15-17-30(38)27-13-8-7-12-26(23)27)14-16-31(39)32-24(21-42-2)19-28-33(29(32)20-37)35(41)36(34(28)40)25-10-5-4-6-11-25/h4-8,10-13,15,17-18,28-29,31,33,37-39H,3,9,14,16,19-21H2,1-2H3/b22-18+/t28-,29+,31-,33-/m1/s1. The number of hydrogen-bond acceptors (Lipinski definition) is 6. The van der Waals surface area contributed by atoms with E-state index in [0.29, 0.717) is 30.5 Å². The van der Waals surface area contributed by atoms with Crippen molar-refractivity contribution < 1.29 is 29.6 Å². The van der Waals surface area contributed by atoms with E-state index in [1.807, 2.05) is 36.4 Å². The lowest BCUT2D eigenvalue weighted by Gasteiger charge is -2.36. The lowest BCUT2D eigenvalue weighted by molar-refractivity contribution is -0.123. The van der Waals surface area contributed by atoms with Gasteiger partial charge in [0.1, 0.15) is 5.75 Å². The number of aromatic hydroxyl groups is 1. The van der Waals surface area contributed by atoms with Gasteiger partial charge in [-0.25, -0.2) is 0 Å². The minimum Gasteiger partial charge on any atom is -0.507 e. The van der Waals surface area contributed by atoms with Crippen molar-refractivity contribution in [3.8, 4) is 5.75 Å². The third-order valence-corrected chi connectivity index (χ3v) is 8.68. The number of carbonyl (C=O) groups excluding carboxylic acids is 2. The maximum Gasteiger partial charge on any atom is 0.238 e. The third kappa shape index (κ3) is 5.64. The molecule has 220 valence electrons. The van der Waals surface area contributed by atoms with Gasteiger partial charge in [-0.1, -0.05) is 73.5 Å².